The van der Waals surface area contributed by atoms with Gasteiger partial charge in [0.1, 0.15) is 17.8 Å². The van der Waals surface area contributed by atoms with E-state index < -0.39 is 8.32 Å². The van der Waals surface area contributed by atoms with Crippen molar-refractivity contribution >= 4 is 20.4 Å². The highest BCUT2D eigenvalue weighted by atomic mass is 28.4. The normalized spacial score (nSPS) is 34.2. The highest BCUT2D eigenvalue weighted by Gasteiger charge is 2.58. The monoisotopic (exact) mass is 412 g/mol. The molecule has 5 atom stereocenters. The van der Waals surface area contributed by atoms with Crippen LogP contribution in [0.25, 0.3) is 0 Å². The van der Waals surface area contributed by atoms with Crippen molar-refractivity contribution in [2.75, 3.05) is 0 Å². The average Bonchev–Trinajstić information content (AvgIpc) is 2.91. The lowest BCUT2D eigenvalue weighted by Gasteiger charge is -2.48. The summed E-state index contributed by atoms with van der Waals surface area (Å²) < 4.78 is 6.55. The molecule has 29 heavy (non-hydrogen) atoms. The Morgan fingerprint density at radius 2 is 1.93 bits per heavy atom. The maximum absolute atomic E-state index is 12.8. The van der Waals surface area contributed by atoms with E-state index in [4.69, 9.17) is 4.43 Å². The van der Waals surface area contributed by atoms with Gasteiger partial charge in [-0.15, -0.1) is 0 Å². The first-order valence-corrected chi connectivity index (χ1v) is 14.2. The van der Waals surface area contributed by atoms with Crippen LogP contribution in [-0.2, 0) is 16.0 Å². The molecule has 4 unspecified atom stereocenters. The topological polar surface area (TPSA) is 43.4 Å². The lowest BCUT2D eigenvalue weighted by atomic mass is 9.55. The largest absolute Gasteiger partial charge is 0.543 e. The Balaban J connectivity index is 1.60. The van der Waals surface area contributed by atoms with Crippen LogP contribution in [0.2, 0.25) is 18.1 Å². The molecular formula is C25H36O3Si. The first kappa shape index (κ1) is 20.8. The van der Waals surface area contributed by atoms with Crippen LogP contribution in [0.4, 0.5) is 0 Å². The number of carbonyl (C=O) groups excluding carboxylic acids is 2. The van der Waals surface area contributed by atoms with Gasteiger partial charge in [0.15, 0.2) is 0 Å². The van der Waals surface area contributed by atoms with Crippen molar-refractivity contribution in [3.8, 4) is 5.75 Å². The quantitative estimate of drug-likeness (QED) is 0.351. The predicted molar refractivity (Wildman–Crippen MR) is 119 cm³/mol. The number of hydrogen-bond donors (Lipinski definition) is 0. The zero-order chi connectivity index (χ0) is 21.2. The van der Waals surface area contributed by atoms with E-state index in [-0.39, 0.29) is 22.2 Å². The van der Waals surface area contributed by atoms with Gasteiger partial charge < -0.3 is 9.22 Å². The minimum Gasteiger partial charge on any atom is -0.543 e. The number of fused-ring (bicyclic) bond motifs is 5. The zero-order valence-electron chi connectivity index (χ0n) is 18.9. The molecule has 0 aliphatic heterocycles. The first-order valence-electron chi connectivity index (χ1n) is 11.3. The fourth-order valence-electron chi connectivity index (χ4n) is 6.05. The Bertz CT molecular complexity index is 837. The summed E-state index contributed by atoms with van der Waals surface area (Å²) in [6, 6.07) is 6.75. The molecule has 0 bridgehead atoms. The van der Waals surface area contributed by atoms with Gasteiger partial charge in [0.25, 0.3) is 0 Å². The van der Waals surface area contributed by atoms with Crippen molar-refractivity contribution in [3.05, 3.63) is 29.3 Å². The Morgan fingerprint density at radius 3 is 2.59 bits per heavy atom. The fraction of sp³-hybridized carbons (Fsp3) is 0.680. The van der Waals surface area contributed by atoms with E-state index in [0.29, 0.717) is 17.8 Å². The summed E-state index contributed by atoms with van der Waals surface area (Å²) in [4.78, 5) is 24.3. The molecule has 3 nitrogen and oxygen atoms in total. The number of hydrogen-bond acceptors (Lipinski definition) is 3. The number of aryl methyl sites for hydroxylation is 1. The van der Waals surface area contributed by atoms with Gasteiger partial charge in [0, 0.05) is 5.41 Å². The van der Waals surface area contributed by atoms with E-state index >= 15 is 0 Å². The van der Waals surface area contributed by atoms with Crippen LogP contribution in [-0.4, -0.2) is 20.4 Å². The molecule has 2 saturated carbocycles. The summed E-state index contributed by atoms with van der Waals surface area (Å²) in [6.45, 7) is 13.5. The molecule has 4 rings (SSSR count). The maximum atomic E-state index is 12.8. The number of carbonyl (C=O) groups is 2. The highest BCUT2D eigenvalue weighted by molar-refractivity contribution is 6.74. The molecule has 0 saturated heterocycles. The Labute approximate surface area is 176 Å². The number of Topliss-reactive ketones (excluding diaryl/α,β-unsaturated/α-hetero) is 1. The van der Waals surface area contributed by atoms with Crippen molar-refractivity contribution in [2.24, 2.45) is 23.2 Å². The molecule has 0 radical (unpaired) electrons. The van der Waals surface area contributed by atoms with Gasteiger partial charge in [-0.05, 0) is 91.2 Å². The molecule has 158 valence electrons. The smallest absolute Gasteiger partial charge is 0.250 e. The first-order chi connectivity index (χ1) is 13.5. The van der Waals surface area contributed by atoms with Crippen molar-refractivity contribution in [1.82, 2.24) is 0 Å². The summed E-state index contributed by atoms with van der Waals surface area (Å²) in [5.74, 6) is 2.27. The Hall–Kier alpha value is -1.42. The average molecular weight is 413 g/mol. The minimum absolute atomic E-state index is 0.186. The highest BCUT2D eigenvalue weighted by Crippen LogP contribution is 2.60. The van der Waals surface area contributed by atoms with Gasteiger partial charge in [-0.2, -0.15) is 0 Å². The molecule has 3 aliphatic rings. The third kappa shape index (κ3) is 3.22. The van der Waals surface area contributed by atoms with Crippen LogP contribution in [0.3, 0.4) is 0 Å². The van der Waals surface area contributed by atoms with Crippen LogP contribution < -0.4 is 4.43 Å². The van der Waals surface area contributed by atoms with Crippen LogP contribution in [0, 0.1) is 23.2 Å². The van der Waals surface area contributed by atoms with E-state index in [0.717, 1.165) is 44.1 Å². The lowest BCUT2D eigenvalue weighted by Crippen LogP contribution is -2.44. The van der Waals surface area contributed by atoms with E-state index in [1.54, 1.807) is 0 Å². The van der Waals surface area contributed by atoms with Gasteiger partial charge >= 0.3 is 0 Å². The van der Waals surface area contributed by atoms with Gasteiger partial charge in [-0.25, -0.2) is 0 Å². The van der Waals surface area contributed by atoms with Gasteiger partial charge in [-0.3, -0.25) is 4.79 Å². The van der Waals surface area contributed by atoms with Crippen LogP contribution in [0.1, 0.15) is 70.4 Å². The minimum atomic E-state index is -1.84. The van der Waals surface area contributed by atoms with Crippen LogP contribution in [0.15, 0.2) is 18.2 Å². The number of rotatable bonds is 3. The summed E-state index contributed by atoms with van der Waals surface area (Å²) in [5.41, 5.74) is 2.62. The summed E-state index contributed by atoms with van der Waals surface area (Å²) >= 11 is 0. The third-order valence-electron chi connectivity index (χ3n) is 8.84. The lowest BCUT2D eigenvalue weighted by molar-refractivity contribution is -0.133. The third-order valence-corrected chi connectivity index (χ3v) is 13.2. The van der Waals surface area contributed by atoms with Crippen LogP contribution in [0.5, 0.6) is 5.75 Å². The van der Waals surface area contributed by atoms with Gasteiger partial charge in [-0.1, -0.05) is 33.8 Å². The summed E-state index contributed by atoms with van der Waals surface area (Å²) in [5, 5.41) is 0.186. The number of ketones is 1. The number of aldehydes is 1. The number of benzene rings is 1. The maximum Gasteiger partial charge on any atom is 0.250 e. The SMILES string of the molecule is CC(C)(C)[Si](C)(C)Oc1ccc2c(c1)CCC1C2CC[C@]2(C)C(=O)C(C=O)CC12. The second-order valence-electron chi connectivity index (χ2n) is 11.4. The van der Waals surface area contributed by atoms with Gasteiger partial charge in [0.2, 0.25) is 8.32 Å². The molecule has 0 heterocycles. The van der Waals surface area contributed by atoms with E-state index in [1.165, 1.54) is 11.1 Å². The molecule has 1 aromatic carbocycles. The molecule has 0 amide bonds. The van der Waals surface area contributed by atoms with Crippen LogP contribution >= 0.6 is 0 Å². The van der Waals surface area contributed by atoms with E-state index in [1.807, 2.05) is 0 Å². The van der Waals surface area contributed by atoms with Crippen molar-refractivity contribution in [2.45, 2.75) is 83.8 Å². The molecular weight excluding hydrogens is 376 g/mol. The second-order valence-corrected chi connectivity index (χ2v) is 16.2. The molecule has 0 spiro atoms. The summed E-state index contributed by atoms with van der Waals surface area (Å²) in [7, 11) is -1.84. The van der Waals surface area contributed by atoms with Crippen molar-refractivity contribution in [1.29, 1.82) is 0 Å². The molecule has 4 heteroatoms. The molecule has 3 aliphatic carbocycles. The molecule has 1 aromatic rings. The fourth-order valence-corrected chi connectivity index (χ4v) is 7.07. The predicted octanol–water partition coefficient (Wildman–Crippen LogP) is 5.92. The molecule has 0 aromatic heterocycles. The van der Waals surface area contributed by atoms with E-state index in [9.17, 15) is 9.59 Å². The zero-order valence-corrected chi connectivity index (χ0v) is 19.9. The Morgan fingerprint density at radius 1 is 1.21 bits per heavy atom. The standard InChI is InChI=1S/C25H36O3Si/c1-24(2,3)29(5,6)28-18-8-10-19-16(13-18)7-9-21-20(19)11-12-25(4)22(21)14-17(15-26)23(25)27/h8,10,13,15,17,20-22H,7,9,11-12,14H2,1-6H3/t17?,20?,21?,22?,25-/m0/s1. The summed E-state index contributed by atoms with van der Waals surface area (Å²) in [6.07, 6.45) is 5.83. The molecule has 0 N–H and O–H groups in total. The second kappa shape index (κ2) is 6.80. The Kier molecular flexibility index (Phi) is 4.88. The van der Waals surface area contributed by atoms with Crippen molar-refractivity contribution < 1.29 is 14.0 Å². The van der Waals surface area contributed by atoms with Crippen molar-refractivity contribution in [3.63, 3.8) is 0 Å². The van der Waals surface area contributed by atoms with E-state index in [2.05, 4.69) is 59.0 Å². The molecule has 2 fully saturated rings. The van der Waals surface area contributed by atoms with Gasteiger partial charge in [0.05, 0.1) is 5.92 Å².